The van der Waals surface area contributed by atoms with E-state index in [2.05, 4.69) is 10.1 Å². The average Bonchev–Trinajstić information content (AvgIpc) is 3.14. The second-order valence-electron chi connectivity index (χ2n) is 6.56. The van der Waals surface area contributed by atoms with Crippen molar-refractivity contribution in [1.29, 1.82) is 0 Å². The zero-order valence-electron chi connectivity index (χ0n) is 14.4. The zero-order valence-corrected chi connectivity index (χ0v) is 14.4. The van der Waals surface area contributed by atoms with Gasteiger partial charge in [0.15, 0.2) is 12.4 Å². The van der Waals surface area contributed by atoms with Gasteiger partial charge < -0.3 is 19.7 Å². The summed E-state index contributed by atoms with van der Waals surface area (Å²) in [5.41, 5.74) is 6.90. The van der Waals surface area contributed by atoms with E-state index in [9.17, 15) is 0 Å². The topological polar surface area (TPSA) is 83.4 Å². The Morgan fingerprint density at radius 1 is 0.923 bits per heavy atom. The maximum absolute atomic E-state index is 6.19. The van der Waals surface area contributed by atoms with Gasteiger partial charge in [0.25, 0.3) is 5.89 Å². The van der Waals surface area contributed by atoms with E-state index < -0.39 is 5.54 Å². The Kier molecular flexibility index (Phi) is 4.58. The number of benzene rings is 2. The van der Waals surface area contributed by atoms with Gasteiger partial charge in [0.05, 0.1) is 5.54 Å². The van der Waals surface area contributed by atoms with Gasteiger partial charge in [-0.1, -0.05) is 35.5 Å². The first-order chi connectivity index (χ1) is 12.7. The fourth-order valence-corrected chi connectivity index (χ4v) is 2.82. The highest BCUT2D eigenvalue weighted by Gasteiger charge is 2.38. The fourth-order valence-electron chi connectivity index (χ4n) is 2.82. The van der Waals surface area contributed by atoms with Crippen molar-refractivity contribution in [1.82, 2.24) is 10.1 Å². The first kappa shape index (κ1) is 16.6. The molecule has 6 heteroatoms. The molecular weight excluding hydrogens is 330 g/mol. The van der Waals surface area contributed by atoms with E-state index in [0.717, 1.165) is 30.6 Å². The van der Waals surface area contributed by atoms with Crippen LogP contribution in [0, 0.1) is 0 Å². The maximum Gasteiger partial charge on any atom is 0.264 e. The molecule has 3 aromatic rings. The van der Waals surface area contributed by atoms with Gasteiger partial charge in [-0.05, 0) is 49.1 Å². The third-order valence-corrected chi connectivity index (χ3v) is 4.59. The van der Waals surface area contributed by atoms with E-state index in [1.165, 1.54) is 0 Å². The predicted octanol–water partition coefficient (Wildman–Crippen LogP) is 3.57. The lowest BCUT2D eigenvalue weighted by molar-refractivity contribution is 0.222. The number of nitrogens with zero attached hydrogens (tertiary/aromatic N) is 2. The lowest BCUT2D eigenvalue weighted by Crippen LogP contribution is -2.44. The smallest absolute Gasteiger partial charge is 0.264 e. The standard InChI is InChI=1S/C20H21N3O3/c21-20(11-4-12-20)19-22-18(26-23-19)14-25-17-9-7-16(8-10-17)24-13-15-5-2-1-3-6-15/h1-3,5-10H,4,11-14,21H2. The predicted molar refractivity (Wildman–Crippen MR) is 95.6 cm³/mol. The van der Waals surface area contributed by atoms with Crippen LogP contribution in [-0.4, -0.2) is 10.1 Å². The molecule has 26 heavy (non-hydrogen) atoms. The summed E-state index contributed by atoms with van der Waals surface area (Å²) < 4.78 is 16.7. The van der Waals surface area contributed by atoms with Crippen LogP contribution < -0.4 is 15.2 Å². The van der Waals surface area contributed by atoms with Crippen molar-refractivity contribution >= 4 is 0 Å². The van der Waals surface area contributed by atoms with E-state index >= 15 is 0 Å². The molecule has 0 saturated heterocycles. The summed E-state index contributed by atoms with van der Waals surface area (Å²) in [4.78, 5) is 4.35. The van der Waals surface area contributed by atoms with Crippen LogP contribution in [0.3, 0.4) is 0 Å². The van der Waals surface area contributed by atoms with E-state index in [1.54, 1.807) is 0 Å². The van der Waals surface area contributed by atoms with Crippen LogP contribution in [0.15, 0.2) is 59.1 Å². The van der Waals surface area contributed by atoms with Crippen LogP contribution in [0.25, 0.3) is 0 Å². The van der Waals surface area contributed by atoms with Gasteiger partial charge in [-0.15, -0.1) is 0 Å². The Morgan fingerprint density at radius 3 is 2.19 bits per heavy atom. The van der Waals surface area contributed by atoms with Gasteiger partial charge in [-0.3, -0.25) is 0 Å². The second-order valence-corrected chi connectivity index (χ2v) is 6.56. The number of hydrogen-bond acceptors (Lipinski definition) is 6. The first-order valence-electron chi connectivity index (χ1n) is 8.73. The van der Waals surface area contributed by atoms with Gasteiger partial charge in [-0.2, -0.15) is 4.98 Å². The van der Waals surface area contributed by atoms with Gasteiger partial charge >= 0.3 is 0 Å². The quantitative estimate of drug-likeness (QED) is 0.701. The molecule has 0 bridgehead atoms. The number of rotatable bonds is 7. The molecule has 1 aliphatic rings. The molecule has 0 aliphatic heterocycles. The molecule has 0 radical (unpaired) electrons. The Morgan fingerprint density at radius 2 is 1.58 bits per heavy atom. The largest absolute Gasteiger partial charge is 0.489 e. The lowest BCUT2D eigenvalue weighted by atomic mass is 9.77. The van der Waals surface area contributed by atoms with Gasteiger partial charge in [0.2, 0.25) is 0 Å². The van der Waals surface area contributed by atoms with Crippen LogP contribution >= 0.6 is 0 Å². The molecule has 1 saturated carbocycles. The van der Waals surface area contributed by atoms with E-state index in [0.29, 0.717) is 24.1 Å². The highest BCUT2D eigenvalue weighted by Crippen LogP contribution is 2.36. The minimum atomic E-state index is -0.417. The van der Waals surface area contributed by atoms with E-state index in [1.807, 2.05) is 54.6 Å². The molecule has 6 nitrogen and oxygen atoms in total. The molecule has 2 N–H and O–H groups in total. The van der Waals surface area contributed by atoms with Crippen molar-refractivity contribution in [2.24, 2.45) is 5.73 Å². The summed E-state index contributed by atoms with van der Waals surface area (Å²) in [5, 5.41) is 3.98. The molecule has 1 aliphatic carbocycles. The highest BCUT2D eigenvalue weighted by molar-refractivity contribution is 5.31. The van der Waals surface area contributed by atoms with Crippen molar-refractivity contribution in [3.63, 3.8) is 0 Å². The van der Waals surface area contributed by atoms with Crippen LogP contribution in [0.4, 0.5) is 0 Å². The first-order valence-corrected chi connectivity index (χ1v) is 8.73. The number of nitrogens with two attached hydrogens (primary N) is 1. The normalized spacial score (nSPS) is 15.3. The second kappa shape index (κ2) is 7.17. The summed E-state index contributed by atoms with van der Waals surface area (Å²) in [6.45, 7) is 0.750. The molecule has 2 aromatic carbocycles. The van der Waals surface area contributed by atoms with Crippen LogP contribution in [0.1, 0.15) is 36.5 Å². The molecule has 0 amide bonds. The Bertz CT molecular complexity index is 842. The van der Waals surface area contributed by atoms with Crippen molar-refractivity contribution in [2.45, 2.75) is 38.0 Å². The van der Waals surface area contributed by atoms with Crippen LogP contribution in [-0.2, 0) is 18.8 Å². The molecular formula is C20H21N3O3. The summed E-state index contributed by atoms with van der Waals surface area (Å²) in [7, 11) is 0. The van der Waals surface area contributed by atoms with Crippen molar-refractivity contribution in [3.8, 4) is 11.5 Å². The van der Waals surface area contributed by atoms with Gasteiger partial charge in [-0.25, -0.2) is 0 Å². The monoisotopic (exact) mass is 351 g/mol. The van der Waals surface area contributed by atoms with Crippen LogP contribution in [0.2, 0.25) is 0 Å². The molecule has 134 valence electrons. The van der Waals surface area contributed by atoms with Crippen LogP contribution in [0.5, 0.6) is 11.5 Å². The number of ether oxygens (including phenoxy) is 2. The summed E-state index contributed by atoms with van der Waals surface area (Å²) in [5.74, 6) is 2.51. The fraction of sp³-hybridized carbons (Fsp3) is 0.300. The Balaban J connectivity index is 1.29. The summed E-state index contributed by atoms with van der Waals surface area (Å²) in [6, 6.07) is 17.5. The molecule has 0 spiro atoms. The van der Waals surface area contributed by atoms with Gasteiger partial charge in [0, 0.05) is 0 Å². The number of aromatic nitrogens is 2. The average molecular weight is 351 g/mol. The highest BCUT2D eigenvalue weighted by atomic mass is 16.5. The summed E-state index contributed by atoms with van der Waals surface area (Å²) in [6.07, 6.45) is 2.91. The molecule has 0 unspecified atom stereocenters. The molecule has 1 fully saturated rings. The SMILES string of the molecule is NC1(c2noc(COc3ccc(OCc4ccccc4)cc3)n2)CCC1. The number of hydrogen-bond donors (Lipinski definition) is 1. The zero-order chi connectivity index (χ0) is 17.8. The van der Waals surface area contributed by atoms with Crippen molar-refractivity contribution in [2.75, 3.05) is 0 Å². The van der Waals surface area contributed by atoms with Gasteiger partial charge in [0.1, 0.15) is 18.1 Å². The third-order valence-electron chi connectivity index (χ3n) is 4.59. The molecule has 1 aromatic heterocycles. The minimum absolute atomic E-state index is 0.216. The van der Waals surface area contributed by atoms with Crippen molar-refractivity contribution in [3.05, 3.63) is 71.9 Å². The van der Waals surface area contributed by atoms with E-state index in [-0.39, 0.29) is 6.61 Å². The van der Waals surface area contributed by atoms with Crippen molar-refractivity contribution < 1.29 is 14.0 Å². The molecule has 0 atom stereocenters. The summed E-state index contributed by atoms with van der Waals surface area (Å²) >= 11 is 0. The molecule has 4 rings (SSSR count). The Labute approximate surface area is 151 Å². The maximum atomic E-state index is 6.19. The lowest BCUT2D eigenvalue weighted by Gasteiger charge is -2.34. The Hall–Kier alpha value is -2.86. The molecule has 1 heterocycles. The third kappa shape index (κ3) is 3.70. The minimum Gasteiger partial charge on any atom is -0.489 e. The van der Waals surface area contributed by atoms with E-state index in [4.69, 9.17) is 19.7 Å².